The molecule has 0 amide bonds. The van der Waals surface area contributed by atoms with Crippen molar-refractivity contribution in [3.05, 3.63) is 95.9 Å². The van der Waals surface area contributed by atoms with Gasteiger partial charge in [-0.25, -0.2) is 4.98 Å². The molecule has 0 aliphatic rings. The summed E-state index contributed by atoms with van der Waals surface area (Å²) in [6, 6.07) is 20.1. The van der Waals surface area contributed by atoms with E-state index >= 15 is 0 Å². The first-order valence-corrected chi connectivity index (χ1v) is 13.3. The van der Waals surface area contributed by atoms with Crippen LogP contribution in [0.2, 0.25) is 0 Å². The molecule has 2 atom stereocenters. The molecule has 5 aromatic rings. The maximum absolute atomic E-state index is 12.5. The monoisotopic (exact) mass is 557 g/mol. The molecule has 0 aliphatic carbocycles. The number of imidazole rings is 1. The third kappa shape index (κ3) is 5.15. The van der Waals surface area contributed by atoms with Gasteiger partial charge in [-0.05, 0) is 42.8 Å². The number of nitrogens with one attached hydrogen (secondary N) is 1. The molecule has 204 valence electrons. The lowest BCUT2D eigenvalue weighted by Crippen LogP contribution is -2.20. The average molecular weight is 558 g/mol. The van der Waals surface area contributed by atoms with Crippen LogP contribution in [0.4, 0.5) is 11.4 Å². The van der Waals surface area contributed by atoms with Gasteiger partial charge in [0.1, 0.15) is 24.3 Å². The zero-order chi connectivity index (χ0) is 28.4. The van der Waals surface area contributed by atoms with Crippen LogP contribution in [0.5, 0.6) is 0 Å². The number of aliphatic hydroxyl groups excluding tert-OH is 1. The highest BCUT2D eigenvalue weighted by Gasteiger charge is 2.23. The molecule has 0 saturated heterocycles. The van der Waals surface area contributed by atoms with Gasteiger partial charge in [-0.3, -0.25) is 23.7 Å². The number of nitrogens with zero attached hydrogens (tertiary/aromatic N) is 4. The van der Waals surface area contributed by atoms with E-state index < -0.39 is 23.3 Å². The number of esters is 1. The number of anilines is 2. The van der Waals surface area contributed by atoms with Crippen LogP contribution in [0, 0.1) is 5.41 Å². The number of hydrogen-bond donors (Lipinski definition) is 3. The quantitative estimate of drug-likeness (QED) is 0.107. The number of fused-ring (bicyclic) bond motifs is 2. The number of amidine groups is 1. The van der Waals surface area contributed by atoms with Crippen LogP contribution in [0.15, 0.2) is 79.0 Å². The molecular weight excluding hydrogens is 532 g/mol. The number of carbonyl (C=O) groups excluding carboxylic acids is 1. The molecule has 0 saturated carbocycles. The molecule has 40 heavy (non-hydrogen) atoms. The first kappa shape index (κ1) is 26.9. The largest absolute Gasteiger partial charge is 0.755 e. The number of nitrogen functional groups attached to an aromatic ring is 1. The SMILES string of the molecule is CCOC(=O)Cn1c(C(O)c2ccc(C(=N)N)cc2)nc2cc(N(c3cccc4cccnc34)S(=O)[O-])ccc21. The maximum Gasteiger partial charge on any atom is 0.326 e. The van der Waals surface area contributed by atoms with E-state index in [0.717, 1.165) is 9.69 Å². The van der Waals surface area contributed by atoms with E-state index in [4.69, 9.17) is 15.9 Å². The van der Waals surface area contributed by atoms with Crippen LogP contribution >= 0.6 is 0 Å². The number of aromatic nitrogens is 3. The number of hydrogen-bond acceptors (Lipinski definition) is 8. The first-order valence-electron chi connectivity index (χ1n) is 12.3. The number of benzene rings is 3. The Bertz CT molecular complexity index is 1750. The summed E-state index contributed by atoms with van der Waals surface area (Å²) in [6.07, 6.45) is 0.354. The summed E-state index contributed by atoms with van der Waals surface area (Å²) in [4.78, 5) is 21.5. The highest BCUT2D eigenvalue weighted by Crippen LogP contribution is 2.35. The van der Waals surface area contributed by atoms with Crippen LogP contribution in [-0.2, 0) is 27.3 Å². The second-order valence-electron chi connectivity index (χ2n) is 8.84. The number of aliphatic hydroxyl groups is 1. The Morgan fingerprint density at radius 2 is 1.93 bits per heavy atom. The molecular formula is C28H25N6O5S-. The van der Waals surface area contributed by atoms with Crippen LogP contribution < -0.4 is 10.0 Å². The summed E-state index contributed by atoms with van der Waals surface area (Å²) in [5, 5.41) is 19.6. The van der Waals surface area contributed by atoms with Gasteiger partial charge in [-0.1, -0.05) is 42.5 Å². The Morgan fingerprint density at radius 1 is 1.18 bits per heavy atom. The summed E-state index contributed by atoms with van der Waals surface area (Å²) in [7, 11) is 0. The van der Waals surface area contributed by atoms with Gasteiger partial charge < -0.3 is 24.7 Å². The van der Waals surface area contributed by atoms with Crippen molar-refractivity contribution < 1.29 is 23.4 Å². The van der Waals surface area contributed by atoms with Crippen LogP contribution in [-0.4, -0.2) is 46.8 Å². The minimum atomic E-state index is -2.70. The predicted molar refractivity (Wildman–Crippen MR) is 151 cm³/mol. The van der Waals surface area contributed by atoms with E-state index in [9.17, 15) is 18.7 Å². The number of para-hydroxylation sites is 1. The van der Waals surface area contributed by atoms with Gasteiger partial charge in [-0.2, -0.15) is 0 Å². The molecule has 0 aliphatic heterocycles. The number of nitrogens with two attached hydrogens (primary N) is 1. The van der Waals surface area contributed by atoms with E-state index in [0.29, 0.717) is 39.1 Å². The van der Waals surface area contributed by atoms with E-state index in [2.05, 4.69) is 9.97 Å². The topological polar surface area (TPSA) is 170 Å². The highest BCUT2D eigenvalue weighted by molar-refractivity contribution is 7.81. The molecule has 5 rings (SSSR count). The fourth-order valence-corrected chi connectivity index (χ4v) is 5.12. The molecule has 11 nitrogen and oxygen atoms in total. The molecule has 2 heterocycles. The molecule has 0 spiro atoms. The van der Waals surface area contributed by atoms with Crippen molar-refractivity contribution >= 4 is 56.4 Å². The molecule has 12 heteroatoms. The van der Waals surface area contributed by atoms with Crippen molar-refractivity contribution in [3.8, 4) is 0 Å². The normalized spacial score (nSPS) is 12.8. The lowest BCUT2D eigenvalue weighted by molar-refractivity contribution is -0.143. The minimum Gasteiger partial charge on any atom is -0.755 e. The summed E-state index contributed by atoms with van der Waals surface area (Å²) < 4.78 is 32.8. The summed E-state index contributed by atoms with van der Waals surface area (Å²) in [5.41, 5.74) is 8.53. The Hall–Kier alpha value is -4.65. The second-order valence-corrected chi connectivity index (χ2v) is 9.64. The fourth-order valence-electron chi connectivity index (χ4n) is 4.53. The van der Waals surface area contributed by atoms with Gasteiger partial charge in [0.05, 0.1) is 45.8 Å². The van der Waals surface area contributed by atoms with Crippen molar-refractivity contribution in [2.45, 2.75) is 19.6 Å². The third-order valence-electron chi connectivity index (χ3n) is 6.35. The van der Waals surface area contributed by atoms with E-state index in [1.807, 2.05) is 12.1 Å². The standard InChI is InChI=1S/C28H26N6O5S/c1-2-39-24(35)16-33-22-13-12-20(34(40(37)38)23-7-3-5-17-6-4-14-31-25(17)23)15-21(22)32-28(33)26(36)18-8-10-19(11-9-18)27(29)30/h3-15,26,36H,2,16H2,1H3,(H3,29,30)(H,37,38)/p-1. The molecule has 0 radical (unpaired) electrons. The molecule has 0 bridgehead atoms. The summed E-state index contributed by atoms with van der Waals surface area (Å²) in [5.74, 6) is -0.461. The lowest BCUT2D eigenvalue weighted by atomic mass is 10.1. The minimum absolute atomic E-state index is 0.107. The van der Waals surface area contributed by atoms with Gasteiger partial charge >= 0.3 is 5.97 Å². The van der Waals surface area contributed by atoms with Crippen molar-refractivity contribution in [1.29, 1.82) is 5.41 Å². The zero-order valence-electron chi connectivity index (χ0n) is 21.4. The summed E-state index contributed by atoms with van der Waals surface area (Å²) in [6.45, 7) is 1.66. The smallest absolute Gasteiger partial charge is 0.326 e. The predicted octanol–water partition coefficient (Wildman–Crippen LogP) is 3.45. The van der Waals surface area contributed by atoms with Gasteiger partial charge in [0.15, 0.2) is 0 Å². The molecule has 4 N–H and O–H groups in total. The van der Waals surface area contributed by atoms with Gasteiger partial charge in [-0.15, -0.1) is 0 Å². The maximum atomic E-state index is 12.5. The van der Waals surface area contributed by atoms with Crippen molar-refractivity contribution in [2.75, 3.05) is 10.9 Å². The van der Waals surface area contributed by atoms with Crippen LogP contribution in [0.3, 0.4) is 0 Å². The van der Waals surface area contributed by atoms with Crippen molar-refractivity contribution in [1.82, 2.24) is 14.5 Å². The van der Waals surface area contributed by atoms with Crippen molar-refractivity contribution in [2.24, 2.45) is 5.73 Å². The Labute approximate surface area is 231 Å². The number of carbonyl (C=O) groups is 1. The third-order valence-corrected chi connectivity index (χ3v) is 7.06. The Balaban J connectivity index is 1.63. The van der Waals surface area contributed by atoms with Crippen LogP contribution in [0.1, 0.15) is 30.0 Å². The first-order chi connectivity index (χ1) is 19.3. The number of rotatable bonds is 9. The second kappa shape index (κ2) is 11.2. The lowest BCUT2D eigenvalue weighted by Gasteiger charge is -2.27. The molecule has 2 aromatic heterocycles. The number of ether oxygens (including phenoxy) is 1. The van der Waals surface area contributed by atoms with Crippen LogP contribution in [0.25, 0.3) is 21.9 Å². The van der Waals surface area contributed by atoms with E-state index in [1.165, 1.54) is 0 Å². The summed E-state index contributed by atoms with van der Waals surface area (Å²) >= 11 is -2.70. The average Bonchev–Trinajstić information content (AvgIpc) is 3.30. The van der Waals surface area contributed by atoms with Gasteiger partial charge in [0, 0.05) is 17.1 Å². The van der Waals surface area contributed by atoms with E-state index in [-0.39, 0.29) is 24.8 Å². The Morgan fingerprint density at radius 3 is 2.62 bits per heavy atom. The highest BCUT2D eigenvalue weighted by atomic mass is 32.2. The number of pyridine rings is 1. The molecule has 2 unspecified atom stereocenters. The molecule has 3 aromatic carbocycles. The van der Waals surface area contributed by atoms with Crippen molar-refractivity contribution in [3.63, 3.8) is 0 Å². The fraction of sp³-hybridized carbons (Fsp3) is 0.143. The molecule has 0 fully saturated rings. The zero-order valence-corrected chi connectivity index (χ0v) is 22.2. The Kier molecular flexibility index (Phi) is 7.56. The van der Waals surface area contributed by atoms with Gasteiger partial charge in [0.25, 0.3) is 0 Å². The van der Waals surface area contributed by atoms with Gasteiger partial charge in [0.2, 0.25) is 0 Å². The van der Waals surface area contributed by atoms with E-state index in [1.54, 1.807) is 78.4 Å².